The number of hydrogen-bond donors (Lipinski definition) is 3. The maximum atomic E-state index is 11.8. The second-order valence-corrected chi connectivity index (χ2v) is 4.28. The van der Waals surface area contributed by atoms with E-state index in [1.165, 1.54) is 24.1 Å². The average Bonchev–Trinajstić information content (AvgIpc) is 2.82. The molecule has 5 nitrogen and oxygen atoms in total. The van der Waals surface area contributed by atoms with E-state index in [1.54, 1.807) is 18.3 Å². The minimum Gasteiger partial charge on any atom is -0.366 e. The number of carbonyl (C=O) groups is 2. The molecule has 17 heavy (non-hydrogen) atoms. The predicted octanol–water partition coefficient (Wildman–Crippen LogP) is 0.608. The Hall–Kier alpha value is -1.95. The highest BCUT2D eigenvalue weighted by molar-refractivity contribution is 7.97. The summed E-state index contributed by atoms with van der Waals surface area (Å²) in [6, 6.07) is 6.22. The first-order valence-electron chi connectivity index (χ1n) is 4.94. The van der Waals surface area contributed by atoms with Gasteiger partial charge in [-0.25, -0.2) is 0 Å². The van der Waals surface area contributed by atoms with E-state index < -0.39 is 5.91 Å². The number of amides is 2. The molecule has 0 saturated heterocycles. The number of benzene rings is 1. The molecule has 1 aromatic carbocycles. The monoisotopic (exact) mass is 249 g/mol. The fourth-order valence-electron chi connectivity index (χ4n) is 1.35. The summed E-state index contributed by atoms with van der Waals surface area (Å²) in [6.45, 7) is 0. The summed E-state index contributed by atoms with van der Waals surface area (Å²) >= 11 is 1.51. The van der Waals surface area contributed by atoms with Gasteiger partial charge in [0.15, 0.2) is 0 Å². The summed E-state index contributed by atoms with van der Waals surface area (Å²) in [5, 5.41) is 2.77. The molecule has 1 aromatic rings. The van der Waals surface area contributed by atoms with Crippen LogP contribution in [0.4, 0.5) is 0 Å². The van der Waals surface area contributed by atoms with E-state index in [1.807, 2.05) is 0 Å². The van der Waals surface area contributed by atoms with Crippen LogP contribution in [0.1, 0.15) is 20.7 Å². The highest BCUT2D eigenvalue weighted by atomic mass is 32.2. The molecule has 1 aliphatic rings. The molecule has 0 atom stereocenters. The third-order valence-corrected chi connectivity index (χ3v) is 2.99. The number of rotatable bonds is 3. The van der Waals surface area contributed by atoms with E-state index >= 15 is 0 Å². The molecule has 0 saturated carbocycles. The largest absolute Gasteiger partial charge is 0.366 e. The van der Waals surface area contributed by atoms with Crippen LogP contribution in [0.25, 0.3) is 0 Å². The van der Waals surface area contributed by atoms with E-state index in [0.717, 1.165) is 11.4 Å². The van der Waals surface area contributed by atoms with Gasteiger partial charge in [0, 0.05) is 23.0 Å². The SMILES string of the molecule is NC(=O)c1ccc(C(=O)NC2=CNSC2)cc1. The molecule has 0 aliphatic carbocycles. The van der Waals surface area contributed by atoms with Crippen molar-refractivity contribution in [1.82, 2.24) is 10.0 Å². The molecule has 1 aliphatic heterocycles. The Labute approximate surface area is 103 Å². The number of carbonyl (C=O) groups excluding carboxylic acids is 2. The molecule has 2 rings (SSSR count). The first kappa shape index (κ1) is 11.5. The zero-order valence-corrected chi connectivity index (χ0v) is 9.71. The third-order valence-electron chi connectivity index (χ3n) is 2.25. The minimum atomic E-state index is -0.504. The lowest BCUT2D eigenvalue weighted by molar-refractivity contribution is 0.0962. The van der Waals surface area contributed by atoms with Crippen LogP contribution in [0, 0.1) is 0 Å². The van der Waals surface area contributed by atoms with Gasteiger partial charge in [0.25, 0.3) is 5.91 Å². The molecule has 0 bridgehead atoms. The molecular formula is C11H11N3O2S. The Bertz CT molecular complexity index is 482. The zero-order chi connectivity index (χ0) is 12.3. The van der Waals surface area contributed by atoms with Crippen LogP contribution < -0.4 is 15.8 Å². The minimum absolute atomic E-state index is 0.198. The van der Waals surface area contributed by atoms with E-state index in [2.05, 4.69) is 10.0 Å². The van der Waals surface area contributed by atoms with Crippen LogP contribution >= 0.6 is 11.9 Å². The molecule has 4 N–H and O–H groups in total. The lowest BCUT2D eigenvalue weighted by Gasteiger charge is -2.04. The number of nitrogens with one attached hydrogen (secondary N) is 2. The highest BCUT2D eigenvalue weighted by Crippen LogP contribution is 2.10. The summed E-state index contributed by atoms with van der Waals surface area (Å²) in [4.78, 5) is 22.6. The first-order chi connectivity index (χ1) is 8.16. The first-order valence-corrected chi connectivity index (χ1v) is 5.93. The lowest BCUT2D eigenvalue weighted by atomic mass is 10.1. The van der Waals surface area contributed by atoms with Gasteiger partial charge in [-0.15, -0.1) is 0 Å². The van der Waals surface area contributed by atoms with Crippen molar-refractivity contribution in [2.45, 2.75) is 0 Å². The van der Waals surface area contributed by atoms with Gasteiger partial charge in [-0.1, -0.05) is 0 Å². The summed E-state index contributed by atoms with van der Waals surface area (Å²) in [5.41, 5.74) is 6.83. The molecule has 0 aromatic heterocycles. The topological polar surface area (TPSA) is 84.2 Å². The van der Waals surface area contributed by atoms with Gasteiger partial charge >= 0.3 is 0 Å². The van der Waals surface area contributed by atoms with Crippen LogP contribution in [0.3, 0.4) is 0 Å². The van der Waals surface area contributed by atoms with Gasteiger partial charge in [-0.3, -0.25) is 9.59 Å². The van der Waals surface area contributed by atoms with Gasteiger partial charge < -0.3 is 15.8 Å². The smallest absolute Gasteiger partial charge is 0.255 e. The Morgan fingerprint density at radius 1 is 1.24 bits per heavy atom. The van der Waals surface area contributed by atoms with E-state index in [4.69, 9.17) is 5.73 Å². The number of hydrogen-bond acceptors (Lipinski definition) is 4. The van der Waals surface area contributed by atoms with Crippen molar-refractivity contribution in [1.29, 1.82) is 0 Å². The maximum absolute atomic E-state index is 11.8. The number of nitrogens with two attached hydrogens (primary N) is 1. The normalized spacial score (nSPS) is 13.8. The molecule has 6 heteroatoms. The summed E-state index contributed by atoms with van der Waals surface area (Å²) < 4.78 is 2.93. The van der Waals surface area contributed by atoms with Crippen molar-refractivity contribution in [2.24, 2.45) is 5.73 Å². The second-order valence-electron chi connectivity index (χ2n) is 3.47. The second kappa shape index (κ2) is 4.92. The Balaban J connectivity index is 2.06. The third kappa shape index (κ3) is 2.79. The molecular weight excluding hydrogens is 238 g/mol. The Kier molecular flexibility index (Phi) is 3.34. The van der Waals surface area contributed by atoms with E-state index in [-0.39, 0.29) is 5.91 Å². The Morgan fingerprint density at radius 2 is 1.88 bits per heavy atom. The fraction of sp³-hybridized carbons (Fsp3) is 0.0909. The lowest BCUT2D eigenvalue weighted by Crippen LogP contribution is -2.23. The molecule has 88 valence electrons. The van der Waals surface area contributed by atoms with Crippen molar-refractivity contribution in [3.05, 3.63) is 47.3 Å². The molecule has 2 amide bonds. The molecule has 0 fully saturated rings. The zero-order valence-electron chi connectivity index (χ0n) is 8.90. The quantitative estimate of drug-likeness (QED) is 0.685. The molecule has 0 spiro atoms. The van der Waals surface area contributed by atoms with Gasteiger partial charge in [-0.2, -0.15) is 0 Å². The summed E-state index contributed by atoms with van der Waals surface area (Å²) in [6.07, 6.45) is 1.75. The van der Waals surface area contributed by atoms with E-state index in [9.17, 15) is 9.59 Å². The van der Waals surface area contributed by atoms with Gasteiger partial charge in [0.05, 0.1) is 5.75 Å². The summed E-state index contributed by atoms with van der Waals surface area (Å²) in [5.74, 6) is 0.0260. The van der Waals surface area contributed by atoms with Gasteiger partial charge in [0.1, 0.15) is 0 Å². The number of primary amides is 1. The van der Waals surface area contributed by atoms with Crippen LogP contribution in [-0.2, 0) is 0 Å². The van der Waals surface area contributed by atoms with Crippen molar-refractivity contribution in [3.63, 3.8) is 0 Å². The van der Waals surface area contributed by atoms with Gasteiger partial charge in [0.2, 0.25) is 5.91 Å². The van der Waals surface area contributed by atoms with Crippen molar-refractivity contribution >= 4 is 23.8 Å². The van der Waals surface area contributed by atoms with Gasteiger partial charge in [-0.05, 0) is 36.2 Å². The molecule has 1 heterocycles. The van der Waals surface area contributed by atoms with E-state index in [0.29, 0.717) is 11.1 Å². The van der Waals surface area contributed by atoms with Crippen LogP contribution in [0.2, 0.25) is 0 Å². The maximum Gasteiger partial charge on any atom is 0.255 e. The van der Waals surface area contributed by atoms with Crippen LogP contribution in [0.5, 0.6) is 0 Å². The fourth-order valence-corrected chi connectivity index (χ4v) is 1.97. The molecule has 0 radical (unpaired) electrons. The standard InChI is InChI=1S/C11H11N3O2S/c12-10(15)7-1-3-8(4-2-7)11(16)14-9-5-13-17-6-9/h1-5,13H,6H2,(H2,12,15)(H,14,16). The van der Waals surface area contributed by atoms with Crippen molar-refractivity contribution < 1.29 is 9.59 Å². The van der Waals surface area contributed by atoms with Crippen LogP contribution in [0.15, 0.2) is 36.2 Å². The summed E-state index contributed by atoms with van der Waals surface area (Å²) in [7, 11) is 0. The Morgan fingerprint density at radius 3 is 2.41 bits per heavy atom. The predicted molar refractivity (Wildman–Crippen MR) is 66.1 cm³/mol. The molecule has 0 unspecified atom stereocenters. The average molecular weight is 249 g/mol. The highest BCUT2D eigenvalue weighted by Gasteiger charge is 2.11. The van der Waals surface area contributed by atoms with Crippen molar-refractivity contribution in [2.75, 3.05) is 5.75 Å². The van der Waals surface area contributed by atoms with Crippen LogP contribution in [-0.4, -0.2) is 17.6 Å². The van der Waals surface area contributed by atoms with Crippen molar-refractivity contribution in [3.8, 4) is 0 Å².